The van der Waals surface area contributed by atoms with E-state index in [0.717, 1.165) is 6.07 Å². The topological polar surface area (TPSA) is 95.6 Å². The largest absolute Gasteiger partial charge is 0.399 e. The van der Waals surface area contributed by atoms with Crippen molar-refractivity contribution in [2.24, 2.45) is 5.73 Å². The van der Waals surface area contributed by atoms with Gasteiger partial charge in [0.15, 0.2) is 0 Å². The Hall–Kier alpha value is -0.530. The molecule has 108 valence electrons. The number of alkyl halides is 3. The number of nitrogens with two attached hydrogens (primary N) is 1. The Kier molecular flexibility index (Phi) is 5.46. The highest BCUT2D eigenvalue weighted by molar-refractivity contribution is 9.09. The van der Waals surface area contributed by atoms with Crippen molar-refractivity contribution in [2.45, 2.75) is 12.2 Å². The fraction of sp³-hybridized carbons (Fsp3) is 0.400. The van der Waals surface area contributed by atoms with Crippen LogP contribution in [0.5, 0.6) is 0 Å². The summed E-state index contributed by atoms with van der Waals surface area (Å²) in [5.74, 6) is 0. The Morgan fingerprint density at radius 3 is 2.53 bits per heavy atom. The van der Waals surface area contributed by atoms with E-state index in [9.17, 15) is 13.3 Å². The monoisotopic (exact) mass is 358 g/mol. The Labute approximate surface area is 117 Å². The minimum absolute atomic E-state index is 0.00658. The first-order valence-electron chi connectivity index (χ1n) is 5.30. The van der Waals surface area contributed by atoms with Crippen LogP contribution in [0.15, 0.2) is 18.2 Å². The van der Waals surface area contributed by atoms with Crippen LogP contribution >= 0.6 is 23.5 Å². The lowest BCUT2D eigenvalue weighted by Crippen LogP contribution is -2.18. The van der Waals surface area contributed by atoms with Gasteiger partial charge >= 0.3 is 13.3 Å². The fourth-order valence-electron chi connectivity index (χ4n) is 1.51. The van der Waals surface area contributed by atoms with E-state index in [0.29, 0.717) is 17.6 Å². The third-order valence-electron chi connectivity index (χ3n) is 2.44. The maximum atomic E-state index is 13.6. The van der Waals surface area contributed by atoms with Crippen LogP contribution in [0.3, 0.4) is 0 Å². The normalized spacial score (nSPS) is 12.5. The molecule has 5 N–H and O–H groups in total. The molecule has 0 fully saturated rings. The van der Waals surface area contributed by atoms with Crippen molar-refractivity contribution in [1.29, 1.82) is 0 Å². The number of hydrogen-bond acceptors (Lipinski definition) is 3. The van der Waals surface area contributed by atoms with Gasteiger partial charge in [-0.05, 0) is 23.8 Å². The summed E-state index contributed by atoms with van der Waals surface area (Å²) in [5.41, 5.74) is 0.935. The molecule has 0 unspecified atom stereocenters. The number of benzene rings is 1. The van der Waals surface area contributed by atoms with Crippen LogP contribution in [0.4, 0.5) is 14.5 Å². The second-order valence-corrected chi connectivity index (χ2v) is 6.22. The van der Waals surface area contributed by atoms with Gasteiger partial charge in [-0.3, -0.25) is 4.57 Å². The maximum Gasteiger partial charge on any atom is 0.399 e. The zero-order valence-corrected chi connectivity index (χ0v) is 12.3. The number of nitrogens with one attached hydrogen (secondary N) is 1. The quantitative estimate of drug-likeness (QED) is 0.461. The number of hydrogen-bond donors (Lipinski definition) is 4. The van der Waals surface area contributed by atoms with Gasteiger partial charge in [0.25, 0.3) is 0 Å². The molecule has 0 heterocycles. The van der Waals surface area contributed by atoms with Crippen molar-refractivity contribution in [2.75, 3.05) is 17.2 Å². The van der Waals surface area contributed by atoms with Crippen LogP contribution in [0.2, 0.25) is 0 Å². The molecule has 0 aliphatic carbocycles. The van der Waals surface area contributed by atoms with Crippen LogP contribution in [0, 0.1) is 0 Å². The Bertz CT molecular complexity index is 496. The van der Waals surface area contributed by atoms with E-state index in [1.54, 1.807) is 0 Å². The molecule has 0 aromatic heterocycles. The summed E-state index contributed by atoms with van der Waals surface area (Å²) in [6, 6.07) is 3.68. The van der Waals surface area contributed by atoms with E-state index in [4.69, 9.17) is 15.5 Å². The number of rotatable bonds is 6. The molecule has 0 saturated heterocycles. The van der Waals surface area contributed by atoms with E-state index >= 15 is 0 Å². The molecule has 0 bridgehead atoms. The van der Waals surface area contributed by atoms with Crippen molar-refractivity contribution in [3.8, 4) is 0 Å². The summed E-state index contributed by atoms with van der Waals surface area (Å²) < 4.78 is 38.2. The minimum Gasteiger partial charge on any atom is -0.384 e. The summed E-state index contributed by atoms with van der Waals surface area (Å²) in [5, 5.41) is 3.62. The molecule has 0 spiro atoms. The van der Waals surface area contributed by atoms with Crippen molar-refractivity contribution in [3.63, 3.8) is 0 Å². The second-order valence-electron chi connectivity index (χ2n) is 3.78. The van der Waals surface area contributed by atoms with Crippen LogP contribution in [-0.4, -0.2) is 21.7 Å². The number of anilines is 1. The van der Waals surface area contributed by atoms with Gasteiger partial charge in [-0.15, -0.1) is 0 Å². The standard InChI is InChI=1S/C10H14BrF2N2O3P/c11-3-4-15-8-1-2-9(7(5-8)6-14)10(12,13)19(16,17)18/h1-2,5,15H,3-4,6,14H2,(H2,16,17,18). The molecule has 0 amide bonds. The molecule has 19 heavy (non-hydrogen) atoms. The SMILES string of the molecule is NCc1cc(NCCBr)ccc1C(F)(F)P(=O)(O)O. The van der Waals surface area contributed by atoms with Gasteiger partial charge in [-0.25, -0.2) is 0 Å². The van der Waals surface area contributed by atoms with Crippen molar-refractivity contribution < 1.29 is 23.1 Å². The summed E-state index contributed by atoms with van der Waals surface area (Å²) in [4.78, 5) is 17.5. The maximum absolute atomic E-state index is 13.6. The van der Waals surface area contributed by atoms with Crippen LogP contribution in [-0.2, 0) is 16.8 Å². The molecule has 0 aliphatic rings. The van der Waals surface area contributed by atoms with E-state index in [-0.39, 0.29) is 12.1 Å². The molecule has 1 aromatic carbocycles. The fourth-order valence-corrected chi connectivity index (χ4v) is 2.24. The molecule has 0 atom stereocenters. The predicted molar refractivity (Wildman–Crippen MR) is 72.6 cm³/mol. The van der Waals surface area contributed by atoms with Crippen molar-refractivity contribution in [3.05, 3.63) is 29.3 Å². The van der Waals surface area contributed by atoms with Crippen molar-refractivity contribution in [1.82, 2.24) is 0 Å². The average molecular weight is 359 g/mol. The van der Waals surface area contributed by atoms with Crippen LogP contribution < -0.4 is 11.1 Å². The highest BCUT2D eigenvalue weighted by Gasteiger charge is 2.51. The molecule has 1 rings (SSSR count). The first-order valence-corrected chi connectivity index (χ1v) is 8.04. The second kappa shape index (κ2) is 6.28. The van der Waals surface area contributed by atoms with Gasteiger partial charge in [0.1, 0.15) is 0 Å². The molecule has 0 radical (unpaired) electrons. The van der Waals surface area contributed by atoms with Crippen LogP contribution in [0.25, 0.3) is 0 Å². The zero-order chi connectivity index (χ0) is 14.7. The molecular weight excluding hydrogens is 345 g/mol. The van der Waals surface area contributed by atoms with E-state index in [1.165, 1.54) is 12.1 Å². The summed E-state index contributed by atoms with van der Waals surface area (Å²) in [6.45, 7) is 0.340. The van der Waals surface area contributed by atoms with Gasteiger partial charge in [-0.2, -0.15) is 8.78 Å². The van der Waals surface area contributed by atoms with Gasteiger partial charge < -0.3 is 20.8 Å². The lowest BCUT2D eigenvalue weighted by atomic mass is 10.1. The number of halogens is 3. The first kappa shape index (κ1) is 16.5. The molecule has 1 aromatic rings. The van der Waals surface area contributed by atoms with E-state index in [1.807, 2.05) is 0 Å². The van der Waals surface area contributed by atoms with Crippen molar-refractivity contribution >= 4 is 29.2 Å². The molecule has 9 heteroatoms. The first-order chi connectivity index (χ1) is 8.74. The van der Waals surface area contributed by atoms with Gasteiger partial charge in [-0.1, -0.05) is 15.9 Å². The van der Waals surface area contributed by atoms with Gasteiger partial charge in [0, 0.05) is 29.7 Å². The average Bonchev–Trinajstić information content (AvgIpc) is 2.34. The molecule has 0 saturated carbocycles. The third-order valence-corrected chi connectivity index (χ3v) is 3.81. The highest BCUT2D eigenvalue weighted by atomic mass is 79.9. The zero-order valence-electron chi connectivity index (χ0n) is 9.81. The Morgan fingerprint density at radius 2 is 2.05 bits per heavy atom. The summed E-state index contributed by atoms with van der Waals surface area (Å²) >= 11 is 3.20. The van der Waals surface area contributed by atoms with Crippen LogP contribution in [0.1, 0.15) is 11.1 Å². The molecule has 0 aliphatic heterocycles. The lowest BCUT2D eigenvalue weighted by Gasteiger charge is -2.21. The minimum atomic E-state index is -5.58. The van der Waals surface area contributed by atoms with Gasteiger partial charge in [0.05, 0.1) is 0 Å². The Morgan fingerprint density at radius 1 is 1.42 bits per heavy atom. The van der Waals surface area contributed by atoms with E-state index < -0.39 is 18.8 Å². The van der Waals surface area contributed by atoms with E-state index in [2.05, 4.69) is 21.2 Å². The predicted octanol–water partition coefficient (Wildman–Crippen LogP) is 2.18. The molecule has 5 nitrogen and oxygen atoms in total. The smallest absolute Gasteiger partial charge is 0.384 e. The lowest BCUT2D eigenvalue weighted by molar-refractivity contribution is 0.0556. The van der Waals surface area contributed by atoms with Gasteiger partial charge in [0.2, 0.25) is 0 Å². The summed E-state index contributed by atoms with van der Waals surface area (Å²) in [6.07, 6.45) is 0. The highest BCUT2D eigenvalue weighted by Crippen LogP contribution is 2.59. The Balaban J connectivity index is 3.19. The molecular formula is C10H14BrF2N2O3P. The third kappa shape index (κ3) is 3.73. The summed E-state index contributed by atoms with van der Waals surface area (Å²) in [7, 11) is -5.58.